The van der Waals surface area contributed by atoms with Crippen molar-refractivity contribution < 1.29 is 23.7 Å². The Morgan fingerprint density at radius 3 is 2.12 bits per heavy atom. The van der Waals surface area contributed by atoms with Crippen molar-refractivity contribution in [3.05, 3.63) is 17.7 Å². The summed E-state index contributed by atoms with van der Waals surface area (Å²) in [5.74, 6) is 1.56. The van der Waals surface area contributed by atoms with Crippen molar-refractivity contribution in [2.24, 2.45) is 5.73 Å². The fourth-order valence-corrected chi connectivity index (χ4v) is 2.79. The van der Waals surface area contributed by atoms with Gasteiger partial charge in [0.25, 0.3) is 0 Å². The van der Waals surface area contributed by atoms with E-state index in [0.29, 0.717) is 43.5 Å². The van der Waals surface area contributed by atoms with Crippen molar-refractivity contribution in [2.45, 2.75) is 52.5 Å². The molecule has 0 aliphatic heterocycles. The quantitative estimate of drug-likeness (QED) is 0.615. The highest BCUT2D eigenvalue weighted by atomic mass is 16.5. The average Bonchev–Trinajstić information content (AvgIpc) is 2.62. The Hall–Kier alpha value is -1.95. The van der Waals surface area contributed by atoms with Gasteiger partial charge in [0.05, 0.1) is 26.9 Å². The number of ether oxygens (including phenoxy) is 4. The van der Waals surface area contributed by atoms with Gasteiger partial charge in [-0.05, 0) is 45.6 Å². The molecule has 142 valence electrons. The molecule has 0 bridgehead atoms. The number of carbonyl (C=O) groups excluding carboxylic acids is 1. The van der Waals surface area contributed by atoms with Crippen molar-refractivity contribution in [2.75, 3.05) is 26.9 Å². The molecule has 1 aromatic rings. The van der Waals surface area contributed by atoms with Crippen LogP contribution in [0.15, 0.2) is 12.1 Å². The zero-order valence-electron chi connectivity index (χ0n) is 16.0. The second kappa shape index (κ2) is 10.8. The number of hydrogen-bond acceptors (Lipinski definition) is 6. The van der Waals surface area contributed by atoms with E-state index < -0.39 is 12.0 Å². The van der Waals surface area contributed by atoms with Gasteiger partial charge in [0.2, 0.25) is 5.75 Å². The van der Waals surface area contributed by atoms with Crippen LogP contribution in [0, 0.1) is 0 Å². The van der Waals surface area contributed by atoms with Crippen molar-refractivity contribution in [1.82, 2.24) is 0 Å². The molecular formula is C19H31NO5. The monoisotopic (exact) mass is 353 g/mol. The highest BCUT2D eigenvalue weighted by Gasteiger charge is 2.26. The minimum Gasteiger partial charge on any atom is -0.490 e. The van der Waals surface area contributed by atoms with E-state index in [1.165, 1.54) is 7.11 Å². The lowest BCUT2D eigenvalue weighted by Gasteiger charge is -2.24. The van der Waals surface area contributed by atoms with Crippen LogP contribution in [0.2, 0.25) is 0 Å². The standard InChI is InChI=1S/C19H31NO5/c1-6-13(12-15(20)19(21)22-5)14-10-11-16(23-7-2)18(25-9-4)17(14)24-8-3/h10-11,13,15H,6-9,12,20H2,1-5H3. The minimum atomic E-state index is -0.675. The average molecular weight is 353 g/mol. The second-order valence-electron chi connectivity index (χ2n) is 5.58. The molecule has 6 heteroatoms. The Bertz CT molecular complexity index is 547. The number of nitrogens with two attached hydrogens (primary N) is 1. The molecule has 1 rings (SSSR count). The number of benzene rings is 1. The van der Waals surface area contributed by atoms with Gasteiger partial charge in [0, 0.05) is 5.56 Å². The number of carbonyl (C=O) groups is 1. The van der Waals surface area contributed by atoms with Crippen LogP contribution < -0.4 is 19.9 Å². The van der Waals surface area contributed by atoms with E-state index in [9.17, 15) is 4.79 Å². The largest absolute Gasteiger partial charge is 0.490 e. The number of esters is 1. The summed E-state index contributed by atoms with van der Waals surface area (Å²) in [6, 6.07) is 3.18. The maximum absolute atomic E-state index is 11.7. The molecule has 25 heavy (non-hydrogen) atoms. The Labute approximate surface area is 150 Å². The molecule has 0 heterocycles. The Balaban J connectivity index is 3.29. The molecule has 0 aliphatic rings. The number of rotatable bonds is 11. The van der Waals surface area contributed by atoms with Gasteiger partial charge in [-0.15, -0.1) is 0 Å². The van der Waals surface area contributed by atoms with Gasteiger partial charge in [0.1, 0.15) is 6.04 Å². The van der Waals surface area contributed by atoms with Crippen LogP contribution in [0.25, 0.3) is 0 Å². The summed E-state index contributed by atoms with van der Waals surface area (Å²) in [6.45, 7) is 9.37. The smallest absolute Gasteiger partial charge is 0.322 e. The summed E-state index contributed by atoms with van der Waals surface area (Å²) in [6.07, 6.45) is 1.28. The maximum atomic E-state index is 11.7. The van der Waals surface area contributed by atoms with Crippen LogP contribution >= 0.6 is 0 Å². The van der Waals surface area contributed by atoms with Crippen LogP contribution in [0.4, 0.5) is 0 Å². The van der Waals surface area contributed by atoms with Crippen molar-refractivity contribution in [3.63, 3.8) is 0 Å². The zero-order chi connectivity index (χ0) is 18.8. The summed E-state index contributed by atoms with van der Waals surface area (Å²) >= 11 is 0. The highest BCUT2D eigenvalue weighted by molar-refractivity contribution is 5.75. The topological polar surface area (TPSA) is 80.0 Å². The highest BCUT2D eigenvalue weighted by Crippen LogP contribution is 2.45. The van der Waals surface area contributed by atoms with Gasteiger partial charge >= 0.3 is 5.97 Å². The molecule has 2 unspecified atom stereocenters. The Morgan fingerprint density at radius 1 is 1.00 bits per heavy atom. The summed E-state index contributed by atoms with van der Waals surface area (Å²) in [5, 5.41) is 0. The first kappa shape index (κ1) is 21.1. The summed E-state index contributed by atoms with van der Waals surface area (Å²) in [7, 11) is 1.35. The fraction of sp³-hybridized carbons (Fsp3) is 0.632. The molecule has 0 radical (unpaired) electrons. The zero-order valence-corrected chi connectivity index (χ0v) is 16.0. The van der Waals surface area contributed by atoms with E-state index in [0.717, 1.165) is 12.0 Å². The SMILES string of the molecule is CCOc1ccc(C(CC)CC(N)C(=O)OC)c(OCC)c1OCC. The first-order valence-electron chi connectivity index (χ1n) is 8.92. The Morgan fingerprint density at radius 2 is 1.60 bits per heavy atom. The third-order valence-electron chi connectivity index (χ3n) is 3.96. The van der Waals surface area contributed by atoms with E-state index in [4.69, 9.17) is 24.7 Å². The van der Waals surface area contributed by atoms with Gasteiger partial charge in [-0.3, -0.25) is 4.79 Å². The van der Waals surface area contributed by atoms with Gasteiger partial charge in [0.15, 0.2) is 11.5 Å². The van der Waals surface area contributed by atoms with E-state index >= 15 is 0 Å². The maximum Gasteiger partial charge on any atom is 0.322 e. The molecular weight excluding hydrogens is 322 g/mol. The first-order chi connectivity index (χ1) is 12.0. The summed E-state index contributed by atoms with van der Waals surface area (Å²) in [4.78, 5) is 11.7. The van der Waals surface area contributed by atoms with E-state index in [1.54, 1.807) is 0 Å². The lowest BCUT2D eigenvalue weighted by molar-refractivity contribution is -0.142. The van der Waals surface area contributed by atoms with E-state index in [-0.39, 0.29) is 5.92 Å². The second-order valence-corrected chi connectivity index (χ2v) is 5.58. The van der Waals surface area contributed by atoms with Gasteiger partial charge in [-0.1, -0.05) is 13.0 Å². The molecule has 0 saturated carbocycles. The molecule has 2 atom stereocenters. The van der Waals surface area contributed by atoms with Crippen LogP contribution in [0.5, 0.6) is 17.2 Å². The summed E-state index contributed by atoms with van der Waals surface area (Å²) in [5.41, 5.74) is 6.94. The predicted molar refractivity (Wildman–Crippen MR) is 97.6 cm³/mol. The molecule has 0 amide bonds. The number of methoxy groups -OCH3 is 1. The van der Waals surface area contributed by atoms with Crippen LogP contribution in [-0.2, 0) is 9.53 Å². The minimum absolute atomic E-state index is 0.0468. The first-order valence-corrected chi connectivity index (χ1v) is 8.92. The molecule has 0 fully saturated rings. The van der Waals surface area contributed by atoms with Gasteiger partial charge in [-0.25, -0.2) is 0 Å². The normalized spacial score (nSPS) is 13.0. The predicted octanol–water partition coefficient (Wildman–Crippen LogP) is 3.27. The third-order valence-corrected chi connectivity index (χ3v) is 3.96. The molecule has 0 aliphatic carbocycles. The lowest BCUT2D eigenvalue weighted by Crippen LogP contribution is -2.33. The van der Waals surface area contributed by atoms with Crippen molar-refractivity contribution in [1.29, 1.82) is 0 Å². The number of hydrogen-bond donors (Lipinski definition) is 1. The van der Waals surface area contributed by atoms with E-state index in [2.05, 4.69) is 6.92 Å². The van der Waals surface area contributed by atoms with Crippen LogP contribution in [0.3, 0.4) is 0 Å². The Kier molecular flexibility index (Phi) is 9.13. The lowest BCUT2D eigenvalue weighted by atomic mass is 9.89. The molecule has 6 nitrogen and oxygen atoms in total. The molecule has 1 aromatic carbocycles. The molecule has 0 aromatic heterocycles. The summed E-state index contributed by atoms with van der Waals surface area (Å²) < 4.78 is 22.1. The van der Waals surface area contributed by atoms with Crippen LogP contribution in [-0.4, -0.2) is 38.9 Å². The molecule has 0 spiro atoms. The van der Waals surface area contributed by atoms with Crippen molar-refractivity contribution in [3.8, 4) is 17.2 Å². The fourth-order valence-electron chi connectivity index (χ4n) is 2.79. The van der Waals surface area contributed by atoms with Gasteiger partial charge in [-0.2, -0.15) is 0 Å². The third kappa shape index (κ3) is 5.53. The van der Waals surface area contributed by atoms with E-state index in [1.807, 2.05) is 32.9 Å². The van der Waals surface area contributed by atoms with Gasteiger partial charge < -0.3 is 24.7 Å². The molecule has 2 N–H and O–H groups in total. The molecule has 0 saturated heterocycles. The van der Waals surface area contributed by atoms with Crippen LogP contribution in [0.1, 0.15) is 52.0 Å². The van der Waals surface area contributed by atoms with Crippen molar-refractivity contribution >= 4 is 5.97 Å².